The lowest BCUT2D eigenvalue weighted by Crippen LogP contribution is -2.27. The zero-order valence-electron chi connectivity index (χ0n) is 10.8. The monoisotopic (exact) mass is 287 g/mol. The molecular weight excluding hydrogens is 274 g/mol. The van der Waals surface area contributed by atoms with Crippen LogP contribution in [-0.2, 0) is 9.53 Å². The van der Waals surface area contributed by atoms with Crippen molar-refractivity contribution >= 4 is 23.3 Å². The van der Waals surface area contributed by atoms with Crippen molar-refractivity contribution in [3.8, 4) is 5.75 Å². The molecule has 7 heteroatoms. The molecule has 1 aromatic carbocycles. The molecule has 0 saturated heterocycles. The molecule has 0 saturated carbocycles. The summed E-state index contributed by atoms with van der Waals surface area (Å²) < 4.78 is 10.2. The van der Waals surface area contributed by atoms with E-state index in [4.69, 9.17) is 21.1 Å². The summed E-state index contributed by atoms with van der Waals surface area (Å²) in [6.07, 6.45) is 0. The number of halogens is 1. The molecule has 0 radical (unpaired) electrons. The highest BCUT2D eigenvalue weighted by atomic mass is 35.5. The Bertz CT molecular complexity index is 495. The predicted octanol–water partition coefficient (Wildman–Crippen LogP) is 2.97. The molecule has 0 bridgehead atoms. The van der Waals surface area contributed by atoms with E-state index in [1.807, 2.05) is 0 Å². The average molecular weight is 288 g/mol. The van der Waals surface area contributed by atoms with E-state index in [0.29, 0.717) is 0 Å². The largest absolute Gasteiger partial charge is 0.480 e. The van der Waals surface area contributed by atoms with Gasteiger partial charge in [-0.1, -0.05) is 11.6 Å². The molecule has 104 valence electrons. The Morgan fingerprint density at radius 3 is 2.53 bits per heavy atom. The first-order valence-electron chi connectivity index (χ1n) is 5.47. The maximum absolute atomic E-state index is 11.4. The van der Waals surface area contributed by atoms with Gasteiger partial charge in [0.05, 0.1) is 9.95 Å². The van der Waals surface area contributed by atoms with Crippen LogP contribution in [0.5, 0.6) is 5.75 Å². The van der Waals surface area contributed by atoms with Crippen LogP contribution in [0.1, 0.15) is 20.8 Å². The molecule has 0 aromatic heterocycles. The summed E-state index contributed by atoms with van der Waals surface area (Å²) in [5.41, 5.74) is -0.741. The molecule has 0 heterocycles. The second-order valence-corrected chi connectivity index (χ2v) is 5.15. The van der Waals surface area contributed by atoms with Gasteiger partial charge in [0.2, 0.25) is 0 Å². The average Bonchev–Trinajstić information content (AvgIpc) is 2.24. The van der Waals surface area contributed by atoms with Gasteiger partial charge in [-0.25, -0.2) is 4.79 Å². The maximum Gasteiger partial charge on any atom is 0.344 e. The second kappa shape index (κ2) is 5.88. The summed E-state index contributed by atoms with van der Waals surface area (Å²) in [5, 5.41) is 10.6. The summed E-state index contributed by atoms with van der Waals surface area (Å²) in [7, 11) is 0. The molecule has 0 aliphatic rings. The van der Waals surface area contributed by atoms with Crippen LogP contribution in [0, 0.1) is 10.1 Å². The molecule has 0 spiro atoms. The topological polar surface area (TPSA) is 78.7 Å². The normalized spacial score (nSPS) is 10.9. The van der Waals surface area contributed by atoms with Gasteiger partial charge < -0.3 is 9.47 Å². The lowest BCUT2D eigenvalue weighted by Gasteiger charge is -2.19. The van der Waals surface area contributed by atoms with Crippen molar-refractivity contribution in [3.63, 3.8) is 0 Å². The number of nitro benzene ring substituents is 1. The highest BCUT2D eigenvalue weighted by Gasteiger charge is 2.17. The van der Waals surface area contributed by atoms with Gasteiger partial charge in [0.1, 0.15) is 11.4 Å². The summed E-state index contributed by atoms with van der Waals surface area (Å²) in [5.74, 6) is -0.347. The Kier molecular flexibility index (Phi) is 4.72. The lowest BCUT2D eigenvalue weighted by molar-refractivity contribution is -0.384. The third-order valence-corrected chi connectivity index (χ3v) is 2.19. The molecular formula is C12H14ClNO5. The van der Waals surface area contributed by atoms with Crippen LogP contribution in [0.4, 0.5) is 5.69 Å². The Labute approximate surface area is 115 Å². The molecule has 6 nitrogen and oxygen atoms in total. The van der Waals surface area contributed by atoms with Crippen molar-refractivity contribution in [1.29, 1.82) is 0 Å². The van der Waals surface area contributed by atoms with Gasteiger partial charge in [0.15, 0.2) is 6.61 Å². The molecule has 1 rings (SSSR count). The molecule has 0 atom stereocenters. The predicted molar refractivity (Wildman–Crippen MR) is 69.4 cm³/mol. The number of rotatable bonds is 4. The van der Waals surface area contributed by atoms with Crippen LogP contribution in [-0.4, -0.2) is 23.1 Å². The van der Waals surface area contributed by atoms with Crippen LogP contribution in [0.2, 0.25) is 5.02 Å². The summed E-state index contributed by atoms with van der Waals surface area (Å²) in [6.45, 7) is 4.91. The first-order valence-corrected chi connectivity index (χ1v) is 5.85. The first kappa shape index (κ1) is 15.2. The Morgan fingerprint density at radius 1 is 1.42 bits per heavy atom. The third kappa shape index (κ3) is 5.13. The van der Waals surface area contributed by atoms with Gasteiger partial charge in [-0.05, 0) is 26.8 Å². The van der Waals surface area contributed by atoms with Gasteiger partial charge in [0.25, 0.3) is 5.69 Å². The van der Waals surface area contributed by atoms with E-state index >= 15 is 0 Å². The Balaban J connectivity index is 2.64. The van der Waals surface area contributed by atoms with E-state index in [9.17, 15) is 14.9 Å². The number of carbonyl (C=O) groups excluding carboxylic acids is 1. The summed E-state index contributed by atoms with van der Waals surface area (Å²) in [6, 6.07) is 3.74. The Hall–Kier alpha value is -1.82. The second-order valence-electron chi connectivity index (χ2n) is 4.75. The van der Waals surface area contributed by atoms with Gasteiger partial charge in [-0.2, -0.15) is 0 Å². The minimum atomic E-state index is -0.598. The van der Waals surface area contributed by atoms with Gasteiger partial charge in [0, 0.05) is 12.1 Å². The number of esters is 1. The van der Waals surface area contributed by atoms with E-state index in [-0.39, 0.29) is 23.1 Å². The van der Waals surface area contributed by atoms with E-state index in [0.717, 1.165) is 6.07 Å². The first-order chi connectivity index (χ1) is 8.69. The molecule has 0 unspecified atom stereocenters. The fourth-order valence-corrected chi connectivity index (χ4v) is 1.46. The minimum absolute atomic E-state index is 0.0674. The number of benzene rings is 1. The van der Waals surface area contributed by atoms with Crippen LogP contribution in [0.15, 0.2) is 18.2 Å². The number of ether oxygens (including phenoxy) is 2. The van der Waals surface area contributed by atoms with E-state index < -0.39 is 16.5 Å². The van der Waals surface area contributed by atoms with E-state index in [1.165, 1.54) is 12.1 Å². The molecule has 0 aliphatic carbocycles. The zero-order chi connectivity index (χ0) is 14.6. The maximum atomic E-state index is 11.4. The van der Waals surface area contributed by atoms with E-state index in [1.54, 1.807) is 20.8 Å². The SMILES string of the molecule is CC(C)(C)OC(=O)COc1ccc([N+](=O)[O-])cc1Cl. The van der Waals surface area contributed by atoms with Crippen molar-refractivity contribution < 1.29 is 19.2 Å². The third-order valence-electron chi connectivity index (χ3n) is 1.89. The van der Waals surface area contributed by atoms with Crippen molar-refractivity contribution in [2.24, 2.45) is 0 Å². The van der Waals surface area contributed by atoms with Gasteiger partial charge in [-0.3, -0.25) is 10.1 Å². The zero-order valence-corrected chi connectivity index (χ0v) is 11.6. The number of nitro groups is 1. The number of nitrogens with zero attached hydrogens (tertiary/aromatic N) is 1. The Morgan fingerprint density at radius 2 is 2.05 bits per heavy atom. The molecule has 1 aromatic rings. The molecule has 19 heavy (non-hydrogen) atoms. The fraction of sp³-hybridized carbons (Fsp3) is 0.417. The highest BCUT2D eigenvalue weighted by Crippen LogP contribution is 2.28. The summed E-state index contributed by atoms with van der Waals surface area (Å²) in [4.78, 5) is 21.4. The highest BCUT2D eigenvalue weighted by molar-refractivity contribution is 6.32. The molecule has 0 amide bonds. The van der Waals surface area contributed by atoms with Crippen molar-refractivity contribution in [2.45, 2.75) is 26.4 Å². The standard InChI is InChI=1S/C12H14ClNO5/c1-12(2,3)19-11(15)7-18-10-5-4-8(14(16)17)6-9(10)13/h4-6H,7H2,1-3H3. The van der Waals surface area contributed by atoms with Crippen molar-refractivity contribution in [3.05, 3.63) is 33.3 Å². The van der Waals surface area contributed by atoms with Gasteiger partial charge >= 0.3 is 5.97 Å². The van der Waals surface area contributed by atoms with Crippen LogP contribution in [0.3, 0.4) is 0 Å². The number of carbonyl (C=O) groups is 1. The van der Waals surface area contributed by atoms with Crippen LogP contribution < -0.4 is 4.74 Å². The van der Waals surface area contributed by atoms with E-state index in [2.05, 4.69) is 0 Å². The number of hydrogen-bond donors (Lipinski definition) is 0. The summed E-state index contributed by atoms with van der Waals surface area (Å²) >= 11 is 5.81. The van der Waals surface area contributed by atoms with Crippen LogP contribution in [0.25, 0.3) is 0 Å². The molecule has 0 N–H and O–H groups in total. The number of non-ortho nitro benzene ring substituents is 1. The lowest BCUT2D eigenvalue weighted by atomic mass is 10.2. The van der Waals surface area contributed by atoms with Crippen molar-refractivity contribution in [2.75, 3.05) is 6.61 Å². The molecule has 0 aliphatic heterocycles. The van der Waals surface area contributed by atoms with Gasteiger partial charge in [-0.15, -0.1) is 0 Å². The molecule has 0 fully saturated rings. The van der Waals surface area contributed by atoms with Crippen LogP contribution >= 0.6 is 11.6 Å². The van der Waals surface area contributed by atoms with Crippen molar-refractivity contribution in [1.82, 2.24) is 0 Å². The number of hydrogen-bond acceptors (Lipinski definition) is 5. The minimum Gasteiger partial charge on any atom is -0.480 e. The smallest absolute Gasteiger partial charge is 0.344 e. The quantitative estimate of drug-likeness (QED) is 0.483. The fourth-order valence-electron chi connectivity index (χ4n) is 1.23.